The van der Waals surface area contributed by atoms with Gasteiger partial charge in [0.05, 0.1) is 11.0 Å². The van der Waals surface area contributed by atoms with E-state index in [0.29, 0.717) is 0 Å². The fourth-order valence-corrected chi connectivity index (χ4v) is 2.44. The monoisotopic (exact) mass is 245 g/mol. The predicted octanol–water partition coefficient (Wildman–Crippen LogP) is 3.04. The molecule has 18 heavy (non-hydrogen) atoms. The number of aryl methyl sites for hydroxylation is 3. The van der Waals surface area contributed by atoms with Crippen molar-refractivity contribution in [2.45, 2.75) is 46.1 Å². The zero-order chi connectivity index (χ0) is 13.0. The third-order valence-corrected chi connectivity index (χ3v) is 3.40. The van der Waals surface area contributed by atoms with Crippen molar-refractivity contribution in [2.24, 2.45) is 5.73 Å². The minimum absolute atomic E-state index is 0.795. The molecule has 1 aromatic carbocycles. The maximum Gasteiger partial charge on any atom is 0.109 e. The summed E-state index contributed by atoms with van der Waals surface area (Å²) in [7, 11) is 0. The molecular formula is C15H23N3. The van der Waals surface area contributed by atoms with E-state index in [1.165, 1.54) is 29.7 Å². The van der Waals surface area contributed by atoms with E-state index in [0.717, 1.165) is 31.4 Å². The third-order valence-electron chi connectivity index (χ3n) is 3.40. The quantitative estimate of drug-likeness (QED) is 0.795. The van der Waals surface area contributed by atoms with Crippen molar-refractivity contribution in [3.05, 3.63) is 29.6 Å². The summed E-state index contributed by atoms with van der Waals surface area (Å²) in [6.45, 7) is 6.09. The molecule has 0 atom stereocenters. The molecule has 0 saturated heterocycles. The molecule has 2 rings (SSSR count). The molecule has 0 radical (unpaired) electrons. The maximum atomic E-state index is 5.52. The van der Waals surface area contributed by atoms with Gasteiger partial charge in [-0.25, -0.2) is 4.98 Å². The highest BCUT2D eigenvalue weighted by atomic mass is 15.1. The number of aromatic nitrogens is 2. The van der Waals surface area contributed by atoms with Crippen molar-refractivity contribution in [3.8, 4) is 0 Å². The molecule has 3 nitrogen and oxygen atoms in total. The summed E-state index contributed by atoms with van der Waals surface area (Å²) in [4.78, 5) is 4.77. The van der Waals surface area contributed by atoms with Crippen molar-refractivity contribution in [3.63, 3.8) is 0 Å². The highest BCUT2D eigenvalue weighted by Gasteiger charge is 2.08. The molecule has 2 N–H and O–H groups in total. The first kappa shape index (κ1) is 13.1. The molecular weight excluding hydrogens is 222 g/mol. The minimum atomic E-state index is 0.795. The second-order valence-electron chi connectivity index (χ2n) is 4.86. The van der Waals surface area contributed by atoms with Crippen LogP contribution in [0, 0.1) is 6.92 Å². The summed E-state index contributed by atoms with van der Waals surface area (Å²) < 4.78 is 2.33. The largest absolute Gasteiger partial charge is 0.330 e. The molecule has 0 fully saturated rings. The normalized spacial score (nSPS) is 11.3. The number of hydrogen-bond acceptors (Lipinski definition) is 2. The molecule has 0 aliphatic rings. The lowest BCUT2D eigenvalue weighted by Gasteiger charge is -2.05. The number of unbranched alkanes of at least 4 members (excludes halogenated alkanes) is 2. The van der Waals surface area contributed by atoms with E-state index in [9.17, 15) is 0 Å². The van der Waals surface area contributed by atoms with Gasteiger partial charge >= 0.3 is 0 Å². The summed E-state index contributed by atoms with van der Waals surface area (Å²) in [5, 5.41) is 0. The van der Waals surface area contributed by atoms with Crippen molar-refractivity contribution in [2.75, 3.05) is 6.54 Å². The van der Waals surface area contributed by atoms with Gasteiger partial charge in [0.25, 0.3) is 0 Å². The van der Waals surface area contributed by atoms with Gasteiger partial charge < -0.3 is 10.3 Å². The van der Waals surface area contributed by atoms with Crippen molar-refractivity contribution in [1.29, 1.82) is 0 Å². The van der Waals surface area contributed by atoms with Crippen LogP contribution in [0.15, 0.2) is 18.2 Å². The van der Waals surface area contributed by atoms with Gasteiger partial charge in [-0.15, -0.1) is 0 Å². The predicted molar refractivity (Wildman–Crippen MR) is 76.8 cm³/mol. The fraction of sp³-hybridized carbons (Fsp3) is 0.533. The van der Waals surface area contributed by atoms with Gasteiger partial charge in [-0.3, -0.25) is 0 Å². The fourth-order valence-electron chi connectivity index (χ4n) is 2.44. The average molecular weight is 245 g/mol. The SMILES string of the molecule is CCn1c(CCCCCN)nc2cc(C)ccc21. The number of hydrogen-bond donors (Lipinski definition) is 1. The lowest BCUT2D eigenvalue weighted by Crippen LogP contribution is -2.03. The molecule has 1 heterocycles. The first-order valence-corrected chi connectivity index (χ1v) is 6.92. The van der Waals surface area contributed by atoms with Crippen LogP contribution < -0.4 is 5.73 Å². The first-order chi connectivity index (χ1) is 8.76. The van der Waals surface area contributed by atoms with Crippen LogP contribution in [0.1, 0.15) is 37.6 Å². The molecule has 0 amide bonds. The van der Waals surface area contributed by atoms with Gasteiger partial charge in [-0.05, 0) is 50.9 Å². The Morgan fingerprint density at radius 2 is 2.06 bits per heavy atom. The Labute approximate surface area is 109 Å². The van der Waals surface area contributed by atoms with Gasteiger partial charge in [0.1, 0.15) is 5.82 Å². The van der Waals surface area contributed by atoms with Crippen molar-refractivity contribution >= 4 is 11.0 Å². The summed E-state index contributed by atoms with van der Waals surface area (Å²) in [5.74, 6) is 1.22. The number of nitrogens with zero attached hydrogens (tertiary/aromatic N) is 2. The Morgan fingerprint density at radius 1 is 1.22 bits per heavy atom. The summed E-state index contributed by atoms with van der Waals surface area (Å²) in [5.41, 5.74) is 9.19. The second-order valence-corrected chi connectivity index (χ2v) is 4.86. The van der Waals surface area contributed by atoms with Gasteiger partial charge in [0.2, 0.25) is 0 Å². The van der Waals surface area contributed by atoms with Crippen LogP contribution >= 0.6 is 0 Å². The van der Waals surface area contributed by atoms with E-state index in [4.69, 9.17) is 10.7 Å². The minimum Gasteiger partial charge on any atom is -0.330 e. The van der Waals surface area contributed by atoms with E-state index >= 15 is 0 Å². The zero-order valence-electron chi connectivity index (χ0n) is 11.4. The Morgan fingerprint density at radius 3 is 2.78 bits per heavy atom. The lowest BCUT2D eigenvalue weighted by molar-refractivity contribution is 0.637. The highest BCUT2D eigenvalue weighted by Crippen LogP contribution is 2.19. The maximum absolute atomic E-state index is 5.52. The highest BCUT2D eigenvalue weighted by molar-refractivity contribution is 5.76. The van der Waals surface area contributed by atoms with Gasteiger partial charge in [0.15, 0.2) is 0 Å². The number of benzene rings is 1. The van der Waals surface area contributed by atoms with E-state index < -0.39 is 0 Å². The molecule has 0 spiro atoms. The number of imidazole rings is 1. The standard InChI is InChI=1S/C15H23N3/c1-3-18-14-9-8-12(2)11-13(14)17-15(18)7-5-4-6-10-16/h8-9,11H,3-7,10,16H2,1-2H3. The topological polar surface area (TPSA) is 43.8 Å². The summed E-state index contributed by atoms with van der Waals surface area (Å²) in [6.07, 6.45) is 4.55. The molecule has 0 aliphatic heterocycles. The number of nitrogens with two attached hydrogens (primary N) is 1. The molecule has 0 saturated carbocycles. The summed E-state index contributed by atoms with van der Waals surface area (Å²) >= 11 is 0. The van der Waals surface area contributed by atoms with Gasteiger partial charge in [0, 0.05) is 13.0 Å². The molecule has 2 aromatic rings. The van der Waals surface area contributed by atoms with Crippen LogP contribution in [0.2, 0.25) is 0 Å². The molecule has 0 aliphatic carbocycles. The summed E-state index contributed by atoms with van der Waals surface area (Å²) in [6, 6.07) is 6.52. The molecule has 3 heteroatoms. The van der Waals surface area contributed by atoms with Crippen LogP contribution in [0.5, 0.6) is 0 Å². The van der Waals surface area contributed by atoms with E-state index in [2.05, 4.69) is 36.6 Å². The Bertz CT molecular complexity index is 514. The van der Waals surface area contributed by atoms with E-state index in [-0.39, 0.29) is 0 Å². The second kappa shape index (κ2) is 6.01. The molecule has 0 bridgehead atoms. The van der Waals surface area contributed by atoms with Crippen molar-refractivity contribution in [1.82, 2.24) is 9.55 Å². The van der Waals surface area contributed by atoms with Gasteiger partial charge in [-0.1, -0.05) is 12.5 Å². The van der Waals surface area contributed by atoms with Gasteiger partial charge in [-0.2, -0.15) is 0 Å². The van der Waals surface area contributed by atoms with E-state index in [1.54, 1.807) is 0 Å². The third kappa shape index (κ3) is 2.72. The van der Waals surface area contributed by atoms with Crippen LogP contribution in [0.25, 0.3) is 11.0 Å². The Hall–Kier alpha value is -1.35. The Kier molecular flexibility index (Phi) is 4.37. The molecule has 0 unspecified atom stereocenters. The molecule has 1 aromatic heterocycles. The van der Waals surface area contributed by atoms with Crippen molar-refractivity contribution < 1.29 is 0 Å². The van der Waals surface area contributed by atoms with Crippen LogP contribution in [0.3, 0.4) is 0 Å². The molecule has 98 valence electrons. The van der Waals surface area contributed by atoms with Crippen LogP contribution in [-0.2, 0) is 13.0 Å². The first-order valence-electron chi connectivity index (χ1n) is 6.92. The smallest absolute Gasteiger partial charge is 0.109 e. The average Bonchev–Trinajstić information content (AvgIpc) is 2.71. The zero-order valence-corrected chi connectivity index (χ0v) is 11.4. The lowest BCUT2D eigenvalue weighted by atomic mass is 10.2. The number of rotatable bonds is 6. The Balaban J connectivity index is 2.21. The number of fused-ring (bicyclic) bond motifs is 1. The van der Waals surface area contributed by atoms with Crippen LogP contribution in [-0.4, -0.2) is 16.1 Å². The van der Waals surface area contributed by atoms with E-state index in [1.807, 2.05) is 0 Å². The van der Waals surface area contributed by atoms with Crippen LogP contribution in [0.4, 0.5) is 0 Å².